The van der Waals surface area contributed by atoms with Gasteiger partial charge < -0.3 is 16.0 Å². The second-order valence-corrected chi connectivity index (χ2v) is 5.88. The number of nitrogens with two attached hydrogens (primary N) is 1. The Balaban J connectivity index is 2.16. The molecule has 0 radical (unpaired) electrons. The number of carbonyl (C=O) groups excluding carboxylic acids is 1. The number of aromatic nitrogens is 1. The van der Waals surface area contributed by atoms with E-state index in [1.165, 1.54) is 6.07 Å². The number of rotatable bonds is 5. The van der Waals surface area contributed by atoms with Crippen molar-refractivity contribution in [3.63, 3.8) is 0 Å². The number of halogens is 2. The van der Waals surface area contributed by atoms with Gasteiger partial charge in [-0.1, -0.05) is 29.8 Å². The van der Waals surface area contributed by atoms with Crippen LogP contribution in [0.15, 0.2) is 42.5 Å². The van der Waals surface area contributed by atoms with E-state index in [0.29, 0.717) is 46.7 Å². The Hall–Kier alpha value is -2.37. The van der Waals surface area contributed by atoms with Gasteiger partial charge >= 0.3 is 0 Å². The molecular formula is C18H17ClFN3O. The number of fused-ring (bicyclic) bond motifs is 1. The first kappa shape index (κ1) is 16.5. The maximum atomic E-state index is 14.3. The van der Waals surface area contributed by atoms with Crippen molar-refractivity contribution in [1.82, 2.24) is 10.3 Å². The summed E-state index contributed by atoms with van der Waals surface area (Å²) in [6.07, 6.45) is 0.673. The molecule has 3 aromatic rings. The van der Waals surface area contributed by atoms with Crippen molar-refractivity contribution in [3.05, 3.63) is 59.0 Å². The highest BCUT2D eigenvalue weighted by atomic mass is 35.5. The predicted molar refractivity (Wildman–Crippen MR) is 94.7 cm³/mol. The first-order valence-corrected chi connectivity index (χ1v) is 8.04. The Morgan fingerprint density at radius 1 is 1.25 bits per heavy atom. The minimum atomic E-state index is -0.394. The zero-order chi connectivity index (χ0) is 17.1. The third-order valence-electron chi connectivity index (χ3n) is 3.80. The molecule has 1 heterocycles. The number of benzene rings is 2. The second-order valence-electron chi connectivity index (χ2n) is 5.44. The summed E-state index contributed by atoms with van der Waals surface area (Å²) >= 11 is 6.09. The number of H-pyrrole nitrogens is 1. The van der Waals surface area contributed by atoms with Gasteiger partial charge in [0.1, 0.15) is 11.5 Å². The molecule has 6 heteroatoms. The highest BCUT2D eigenvalue weighted by molar-refractivity contribution is 6.31. The van der Waals surface area contributed by atoms with Crippen LogP contribution in [0.5, 0.6) is 0 Å². The Bertz CT molecular complexity index is 891. The molecule has 0 saturated carbocycles. The van der Waals surface area contributed by atoms with Crippen molar-refractivity contribution in [2.45, 2.75) is 6.42 Å². The molecule has 24 heavy (non-hydrogen) atoms. The van der Waals surface area contributed by atoms with E-state index in [0.717, 1.165) is 5.52 Å². The average molecular weight is 346 g/mol. The van der Waals surface area contributed by atoms with Gasteiger partial charge in [0, 0.05) is 33.6 Å². The van der Waals surface area contributed by atoms with E-state index in [-0.39, 0.29) is 5.91 Å². The number of aromatic amines is 1. The molecule has 4 N–H and O–H groups in total. The van der Waals surface area contributed by atoms with Crippen molar-refractivity contribution < 1.29 is 9.18 Å². The van der Waals surface area contributed by atoms with Gasteiger partial charge in [-0.15, -0.1) is 0 Å². The van der Waals surface area contributed by atoms with Crippen molar-refractivity contribution >= 4 is 28.4 Å². The summed E-state index contributed by atoms with van der Waals surface area (Å²) in [5.41, 5.74) is 7.35. The van der Waals surface area contributed by atoms with Crippen molar-refractivity contribution in [1.29, 1.82) is 0 Å². The van der Waals surface area contributed by atoms with Crippen molar-refractivity contribution in [3.8, 4) is 11.1 Å². The van der Waals surface area contributed by atoms with Crippen molar-refractivity contribution in [2.24, 2.45) is 5.73 Å². The van der Waals surface area contributed by atoms with Crippen LogP contribution in [-0.4, -0.2) is 24.0 Å². The largest absolute Gasteiger partial charge is 0.351 e. The zero-order valence-corrected chi connectivity index (χ0v) is 13.7. The standard InChI is InChI=1S/C18H17ClFN3O/c19-11-6-7-15-13(10-11)16(12-4-1-2-5-14(12)20)17(23-15)18(24)22-9-3-8-21/h1-2,4-7,10,23H,3,8-9,21H2,(H,22,24). The summed E-state index contributed by atoms with van der Waals surface area (Å²) in [6, 6.07) is 11.6. The molecule has 3 rings (SSSR count). The Labute approximate surface area is 143 Å². The summed E-state index contributed by atoms with van der Waals surface area (Å²) in [7, 11) is 0. The minimum absolute atomic E-state index is 0.297. The van der Waals surface area contributed by atoms with E-state index in [4.69, 9.17) is 17.3 Å². The fraction of sp³-hybridized carbons (Fsp3) is 0.167. The predicted octanol–water partition coefficient (Wildman–Crippen LogP) is 3.71. The van der Waals surface area contributed by atoms with E-state index in [1.807, 2.05) is 0 Å². The number of nitrogens with one attached hydrogen (secondary N) is 2. The fourth-order valence-corrected chi connectivity index (χ4v) is 2.84. The molecular weight excluding hydrogens is 329 g/mol. The van der Waals surface area contributed by atoms with Gasteiger partial charge in [-0.2, -0.15) is 0 Å². The van der Waals surface area contributed by atoms with E-state index < -0.39 is 5.82 Å². The van der Waals surface area contributed by atoms with Gasteiger partial charge in [-0.25, -0.2) is 4.39 Å². The topological polar surface area (TPSA) is 70.9 Å². The average Bonchev–Trinajstić information content (AvgIpc) is 2.94. The van der Waals surface area contributed by atoms with Crippen LogP contribution in [0.25, 0.3) is 22.0 Å². The molecule has 0 spiro atoms. The lowest BCUT2D eigenvalue weighted by molar-refractivity contribution is 0.0950. The van der Waals surface area contributed by atoms with Crippen LogP contribution in [0.2, 0.25) is 5.02 Å². The maximum Gasteiger partial charge on any atom is 0.268 e. The number of hydrogen-bond acceptors (Lipinski definition) is 2. The second kappa shape index (κ2) is 7.03. The third kappa shape index (κ3) is 3.13. The molecule has 0 bridgehead atoms. The van der Waals surface area contributed by atoms with Crippen LogP contribution < -0.4 is 11.1 Å². The lowest BCUT2D eigenvalue weighted by atomic mass is 10.0. The first-order valence-electron chi connectivity index (χ1n) is 7.66. The molecule has 1 aromatic heterocycles. The number of amides is 1. The molecule has 1 amide bonds. The van der Waals surface area contributed by atoms with Crippen LogP contribution >= 0.6 is 11.6 Å². The quantitative estimate of drug-likeness (QED) is 0.617. The van der Waals surface area contributed by atoms with Crippen LogP contribution in [0.4, 0.5) is 4.39 Å². The van der Waals surface area contributed by atoms with Gasteiger partial charge in [0.25, 0.3) is 5.91 Å². The summed E-state index contributed by atoms with van der Waals surface area (Å²) in [5.74, 6) is -0.691. The summed E-state index contributed by atoms with van der Waals surface area (Å²) < 4.78 is 14.3. The smallest absolute Gasteiger partial charge is 0.268 e. The van der Waals surface area contributed by atoms with Gasteiger partial charge in [0.15, 0.2) is 0 Å². The normalized spacial score (nSPS) is 11.0. The van der Waals surface area contributed by atoms with Crippen LogP contribution in [-0.2, 0) is 0 Å². The molecule has 0 aliphatic rings. The molecule has 0 fully saturated rings. The van der Waals surface area contributed by atoms with Crippen LogP contribution in [0.3, 0.4) is 0 Å². The summed E-state index contributed by atoms with van der Waals surface area (Å²) in [6.45, 7) is 0.949. The lowest BCUT2D eigenvalue weighted by Crippen LogP contribution is -2.26. The fourth-order valence-electron chi connectivity index (χ4n) is 2.67. The molecule has 0 atom stereocenters. The molecule has 0 aliphatic carbocycles. The summed E-state index contributed by atoms with van der Waals surface area (Å²) in [5, 5.41) is 4.03. The van der Waals surface area contributed by atoms with E-state index >= 15 is 0 Å². The molecule has 0 unspecified atom stereocenters. The Morgan fingerprint density at radius 2 is 2.04 bits per heavy atom. The zero-order valence-electron chi connectivity index (χ0n) is 12.9. The van der Waals surface area contributed by atoms with Crippen LogP contribution in [0, 0.1) is 5.82 Å². The van der Waals surface area contributed by atoms with Gasteiger partial charge in [0.2, 0.25) is 0 Å². The number of hydrogen-bond donors (Lipinski definition) is 3. The first-order chi connectivity index (χ1) is 11.6. The Morgan fingerprint density at radius 3 is 2.79 bits per heavy atom. The lowest BCUT2D eigenvalue weighted by Gasteiger charge is -2.07. The number of carbonyl (C=O) groups is 1. The van der Waals surface area contributed by atoms with E-state index in [1.54, 1.807) is 36.4 Å². The molecule has 0 saturated heterocycles. The molecule has 2 aromatic carbocycles. The summed E-state index contributed by atoms with van der Waals surface area (Å²) in [4.78, 5) is 15.6. The Kier molecular flexibility index (Phi) is 4.83. The highest BCUT2D eigenvalue weighted by Crippen LogP contribution is 2.35. The molecule has 124 valence electrons. The SMILES string of the molecule is NCCCNC(=O)c1[nH]c2ccc(Cl)cc2c1-c1ccccc1F. The van der Waals surface area contributed by atoms with Crippen LogP contribution in [0.1, 0.15) is 16.9 Å². The maximum absolute atomic E-state index is 14.3. The molecule has 4 nitrogen and oxygen atoms in total. The monoisotopic (exact) mass is 345 g/mol. The van der Waals surface area contributed by atoms with Crippen molar-refractivity contribution in [2.75, 3.05) is 13.1 Å². The van der Waals surface area contributed by atoms with E-state index in [9.17, 15) is 9.18 Å². The van der Waals surface area contributed by atoms with E-state index in [2.05, 4.69) is 10.3 Å². The third-order valence-corrected chi connectivity index (χ3v) is 4.03. The van der Waals surface area contributed by atoms with Gasteiger partial charge in [-0.05, 0) is 37.2 Å². The molecule has 0 aliphatic heterocycles. The van der Waals surface area contributed by atoms with Gasteiger partial charge in [-0.3, -0.25) is 4.79 Å². The minimum Gasteiger partial charge on any atom is -0.351 e. The highest BCUT2D eigenvalue weighted by Gasteiger charge is 2.21. The van der Waals surface area contributed by atoms with Gasteiger partial charge in [0.05, 0.1) is 0 Å².